The number of aromatic nitrogens is 1. The van der Waals surface area contributed by atoms with E-state index in [4.69, 9.17) is 4.74 Å². The normalized spacial score (nSPS) is 12.7. The molecule has 3 rings (SSSR count). The molecule has 1 heterocycles. The predicted molar refractivity (Wildman–Crippen MR) is 113 cm³/mol. The highest BCUT2D eigenvalue weighted by atomic mass is 32.2. The molecule has 0 spiro atoms. The smallest absolute Gasteiger partial charge is 0.256 e. The Morgan fingerprint density at radius 3 is 2.52 bits per heavy atom. The number of para-hydroxylation sites is 1. The van der Waals surface area contributed by atoms with E-state index < -0.39 is 10.0 Å². The molecular formula is C21H23N3O4S. The summed E-state index contributed by atoms with van der Waals surface area (Å²) in [6.45, 7) is 3.82. The molecule has 0 saturated heterocycles. The van der Waals surface area contributed by atoms with E-state index in [1.54, 1.807) is 25.1 Å². The van der Waals surface area contributed by atoms with Crippen LogP contribution < -0.4 is 10.0 Å². The largest absolute Gasteiger partial charge is 0.383 e. The Morgan fingerprint density at radius 1 is 1.14 bits per heavy atom. The number of amides is 1. The first-order valence-electron chi connectivity index (χ1n) is 9.09. The van der Waals surface area contributed by atoms with Gasteiger partial charge in [0.1, 0.15) is 0 Å². The fraction of sp³-hybridized carbons (Fsp3) is 0.238. The van der Waals surface area contributed by atoms with E-state index in [0.717, 1.165) is 16.6 Å². The topological polar surface area (TPSA) is 97.4 Å². The third kappa shape index (κ3) is 4.97. The summed E-state index contributed by atoms with van der Waals surface area (Å²) >= 11 is 0. The van der Waals surface area contributed by atoms with Crippen molar-refractivity contribution in [2.75, 3.05) is 19.0 Å². The lowest BCUT2D eigenvalue weighted by molar-refractivity contribution is 0.102. The quantitative estimate of drug-likeness (QED) is 0.620. The van der Waals surface area contributed by atoms with Gasteiger partial charge in [-0.15, -0.1) is 0 Å². The molecule has 1 unspecified atom stereocenters. The van der Waals surface area contributed by atoms with Gasteiger partial charge in [0.15, 0.2) is 0 Å². The number of hydrogen-bond donors (Lipinski definition) is 2. The number of anilines is 1. The van der Waals surface area contributed by atoms with Crippen molar-refractivity contribution in [2.24, 2.45) is 0 Å². The van der Waals surface area contributed by atoms with Crippen molar-refractivity contribution >= 4 is 32.5 Å². The van der Waals surface area contributed by atoms with Crippen molar-refractivity contribution in [1.29, 1.82) is 0 Å². The maximum atomic E-state index is 12.8. The van der Waals surface area contributed by atoms with E-state index in [1.165, 1.54) is 19.2 Å². The second kappa shape index (κ2) is 8.69. The fourth-order valence-electron chi connectivity index (χ4n) is 3.03. The van der Waals surface area contributed by atoms with Crippen molar-refractivity contribution in [3.05, 3.63) is 65.9 Å². The van der Waals surface area contributed by atoms with Crippen molar-refractivity contribution in [1.82, 2.24) is 9.71 Å². The summed E-state index contributed by atoms with van der Waals surface area (Å²) in [6, 6.07) is 14.8. The van der Waals surface area contributed by atoms with E-state index in [9.17, 15) is 13.2 Å². The van der Waals surface area contributed by atoms with Crippen LogP contribution in [0.15, 0.2) is 59.5 Å². The summed E-state index contributed by atoms with van der Waals surface area (Å²) in [5.74, 6) is -0.283. The number of nitrogens with one attached hydrogen (secondary N) is 2. The number of ether oxygens (including phenoxy) is 1. The zero-order valence-electron chi connectivity index (χ0n) is 16.5. The lowest BCUT2D eigenvalue weighted by atomic mass is 10.1. The highest BCUT2D eigenvalue weighted by Crippen LogP contribution is 2.20. The van der Waals surface area contributed by atoms with Crippen molar-refractivity contribution in [2.45, 2.75) is 24.8 Å². The predicted octanol–water partition coefficient (Wildman–Crippen LogP) is 3.11. The molecule has 1 atom stereocenters. The molecule has 0 aliphatic carbocycles. The number of methoxy groups -OCH3 is 1. The van der Waals surface area contributed by atoms with Crippen LogP contribution in [0.3, 0.4) is 0 Å². The SMILES string of the molecule is COCC(C)NS(=O)(=O)c1ccc(NC(=O)c2cc(C)nc3ccccc23)cc1. The Kier molecular flexibility index (Phi) is 6.26. The standard InChI is InChI=1S/C21H23N3O4S/c1-14-12-19(18-6-4-5-7-20(18)22-14)21(25)23-16-8-10-17(11-9-16)29(26,27)24-15(2)13-28-3/h4-12,15,24H,13H2,1-3H3,(H,23,25). The summed E-state index contributed by atoms with van der Waals surface area (Å²) in [5, 5.41) is 3.57. The second-order valence-corrected chi connectivity index (χ2v) is 8.50. The molecule has 0 radical (unpaired) electrons. The monoisotopic (exact) mass is 413 g/mol. The van der Waals surface area contributed by atoms with Gasteiger partial charge >= 0.3 is 0 Å². The van der Waals surface area contributed by atoms with Gasteiger partial charge < -0.3 is 10.1 Å². The molecule has 1 amide bonds. The molecule has 0 saturated carbocycles. The molecule has 29 heavy (non-hydrogen) atoms. The first-order valence-corrected chi connectivity index (χ1v) is 10.6. The molecule has 1 aromatic heterocycles. The molecule has 2 N–H and O–H groups in total. The number of aryl methyl sites for hydroxylation is 1. The second-order valence-electron chi connectivity index (χ2n) is 6.78. The zero-order chi connectivity index (χ0) is 21.0. The van der Waals surface area contributed by atoms with Gasteiger partial charge in [0.25, 0.3) is 5.91 Å². The molecule has 0 aliphatic heterocycles. The minimum atomic E-state index is -3.66. The van der Waals surface area contributed by atoms with Crippen LogP contribution >= 0.6 is 0 Å². The van der Waals surface area contributed by atoms with E-state index in [0.29, 0.717) is 11.3 Å². The van der Waals surface area contributed by atoms with Gasteiger partial charge in [-0.25, -0.2) is 13.1 Å². The summed E-state index contributed by atoms with van der Waals surface area (Å²) in [7, 11) is -2.15. The first-order chi connectivity index (χ1) is 13.8. The molecular weight excluding hydrogens is 390 g/mol. The maximum absolute atomic E-state index is 12.8. The molecule has 3 aromatic rings. The highest BCUT2D eigenvalue weighted by molar-refractivity contribution is 7.89. The Labute approximate surface area is 170 Å². The van der Waals surface area contributed by atoms with Crippen molar-refractivity contribution in [3.63, 3.8) is 0 Å². The summed E-state index contributed by atoms with van der Waals surface area (Å²) in [5.41, 5.74) is 2.50. The molecule has 0 fully saturated rings. The zero-order valence-corrected chi connectivity index (χ0v) is 17.3. The summed E-state index contributed by atoms with van der Waals surface area (Å²) < 4.78 is 32.3. The first kappa shape index (κ1) is 20.9. The number of carbonyl (C=O) groups is 1. The third-order valence-corrected chi connectivity index (χ3v) is 5.89. The third-order valence-electron chi connectivity index (χ3n) is 4.28. The molecule has 152 valence electrons. The van der Waals surface area contributed by atoms with Crippen LogP contribution in [0, 0.1) is 6.92 Å². The number of benzene rings is 2. The van der Waals surface area contributed by atoms with Gasteiger partial charge in [-0.05, 0) is 50.2 Å². The number of fused-ring (bicyclic) bond motifs is 1. The molecule has 0 bridgehead atoms. The fourth-order valence-corrected chi connectivity index (χ4v) is 4.26. The van der Waals surface area contributed by atoms with Gasteiger partial charge in [-0.2, -0.15) is 0 Å². The maximum Gasteiger partial charge on any atom is 0.256 e. The number of hydrogen-bond acceptors (Lipinski definition) is 5. The Morgan fingerprint density at radius 2 is 1.83 bits per heavy atom. The van der Waals surface area contributed by atoms with Gasteiger partial charge in [0.05, 0.1) is 22.6 Å². The Hall–Kier alpha value is -2.81. The van der Waals surface area contributed by atoms with E-state index in [-0.39, 0.29) is 23.5 Å². The van der Waals surface area contributed by atoms with Gasteiger partial charge in [-0.3, -0.25) is 9.78 Å². The van der Waals surface area contributed by atoms with Gasteiger partial charge in [0.2, 0.25) is 10.0 Å². The Balaban J connectivity index is 1.79. The van der Waals surface area contributed by atoms with Crippen LogP contribution in [0.5, 0.6) is 0 Å². The molecule has 0 aliphatic rings. The van der Waals surface area contributed by atoms with Crippen molar-refractivity contribution < 1.29 is 17.9 Å². The van der Waals surface area contributed by atoms with E-state index in [2.05, 4.69) is 15.0 Å². The van der Waals surface area contributed by atoms with Gasteiger partial charge in [-0.1, -0.05) is 18.2 Å². The minimum absolute atomic E-state index is 0.114. The number of carbonyl (C=O) groups excluding carboxylic acids is 1. The van der Waals surface area contributed by atoms with Crippen LogP contribution in [0.4, 0.5) is 5.69 Å². The van der Waals surface area contributed by atoms with Gasteiger partial charge in [0, 0.05) is 29.9 Å². The van der Waals surface area contributed by atoms with E-state index in [1.807, 2.05) is 31.2 Å². The summed E-state index contributed by atoms with van der Waals surface area (Å²) in [6.07, 6.45) is 0. The van der Waals surface area contributed by atoms with Crippen LogP contribution in [-0.2, 0) is 14.8 Å². The highest BCUT2D eigenvalue weighted by Gasteiger charge is 2.18. The number of sulfonamides is 1. The molecule has 2 aromatic carbocycles. The Bertz CT molecular complexity index is 1130. The lowest BCUT2D eigenvalue weighted by Crippen LogP contribution is -2.35. The summed E-state index contributed by atoms with van der Waals surface area (Å²) in [4.78, 5) is 17.3. The molecule has 7 nitrogen and oxygen atoms in total. The van der Waals surface area contributed by atoms with Crippen LogP contribution in [0.25, 0.3) is 10.9 Å². The van der Waals surface area contributed by atoms with E-state index >= 15 is 0 Å². The number of nitrogens with zero attached hydrogens (tertiary/aromatic N) is 1. The van der Waals surface area contributed by atoms with Crippen LogP contribution in [-0.4, -0.2) is 39.1 Å². The average Bonchev–Trinajstić information content (AvgIpc) is 2.67. The number of rotatable bonds is 7. The minimum Gasteiger partial charge on any atom is -0.383 e. The average molecular weight is 413 g/mol. The lowest BCUT2D eigenvalue weighted by Gasteiger charge is -2.14. The van der Waals surface area contributed by atoms with Crippen LogP contribution in [0.2, 0.25) is 0 Å². The van der Waals surface area contributed by atoms with Crippen molar-refractivity contribution in [3.8, 4) is 0 Å². The van der Waals surface area contributed by atoms with Crippen LogP contribution in [0.1, 0.15) is 23.0 Å². The molecule has 8 heteroatoms. The number of pyridine rings is 1.